The third-order valence-electron chi connectivity index (χ3n) is 3.71. The predicted octanol–water partition coefficient (Wildman–Crippen LogP) is 3.36. The lowest BCUT2D eigenvalue weighted by Crippen LogP contribution is -2.35. The summed E-state index contributed by atoms with van der Waals surface area (Å²) in [7, 11) is 0. The van der Waals surface area contributed by atoms with Gasteiger partial charge < -0.3 is 4.98 Å². The van der Waals surface area contributed by atoms with Gasteiger partial charge in [0.1, 0.15) is 0 Å². The number of nitrogens with one attached hydrogen (secondary N) is 1. The molecule has 0 saturated carbocycles. The van der Waals surface area contributed by atoms with Crippen molar-refractivity contribution in [1.82, 2.24) is 14.9 Å². The standard InChI is InChI=1S/C15H15Cl2N3OS/c1-22-15-18-13-4-5-20(8-10(13)14(21)19-15)7-9-2-3-11(16)12(17)6-9/h2-3,6H,4-5,7-8H2,1H3,(H,18,19,21). The number of halogens is 2. The molecule has 0 radical (unpaired) electrons. The Labute approximate surface area is 142 Å². The van der Waals surface area contributed by atoms with Gasteiger partial charge >= 0.3 is 0 Å². The monoisotopic (exact) mass is 355 g/mol. The van der Waals surface area contributed by atoms with Gasteiger partial charge in [0.05, 0.1) is 21.3 Å². The van der Waals surface area contributed by atoms with Crippen LogP contribution in [0.1, 0.15) is 16.8 Å². The third-order valence-corrected chi connectivity index (χ3v) is 5.03. The van der Waals surface area contributed by atoms with Crippen LogP contribution in [0.25, 0.3) is 0 Å². The largest absolute Gasteiger partial charge is 0.301 e. The predicted molar refractivity (Wildman–Crippen MR) is 90.9 cm³/mol. The molecule has 2 heterocycles. The lowest BCUT2D eigenvalue weighted by atomic mass is 10.1. The molecule has 1 aliphatic rings. The second-order valence-electron chi connectivity index (χ2n) is 5.21. The molecule has 0 unspecified atom stereocenters. The molecule has 0 amide bonds. The first-order valence-electron chi connectivity index (χ1n) is 6.89. The molecule has 0 spiro atoms. The van der Waals surface area contributed by atoms with E-state index in [1.54, 1.807) is 6.07 Å². The second-order valence-corrected chi connectivity index (χ2v) is 6.82. The molecule has 0 aliphatic carbocycles. The van der Waals surface area contributed by atoms with Gasteiger partial charge in [0.2, 0.25) is 0 Å². The first-order chi connectivity index (χ1) is 10.6. The lowest BCUT2D eigenvalue weighted by molar-refractivity contribution is 0.241. The molecule has 22 heavy (non-hydrogen) atoms. The average molecular weight is 356 g/mol. The van der Waals surface area contributed by atoms with E-state index in [-0.39, 0.29) is 5.56 Å². The van der Waals surface area contributed by atoms with E-state index in [1.165, 1.54) is 11.8 Å². The van der Waals surface area contributed by atoms with Crippen LogP contribution in [0.15, 0.2) is 28.2 Å². The first-order valence-corrected chi connectivity index (χ1v) is 8.87. The minimum atomic E-state index is -0.0341. The fourth-order valence-electron chi connectivity index (χ4n) is 2.59. The number of thioether (sulfide) groups is 1. The summed E-state index contributed by atoms with van der Waals surface area (Å²) >= 11 is 13.4. The summed E-state index contributed by atoms with van der Waals surface area (Å²) in [5.74, 6) is 0. The number of hydrogen-bond acceptors (Lipinski definition) is 4. The summed E-state index contributed by atoms with van der Waals surface area (Å²) in [6, 6.07) is 5.64. The summed E-state index contributed by atoms with van der Waals surface area (Å²) < 4.78 is 0. The van der Waals surface area contributed by atoms with Gasteiger partial charge in [-0.3, -0.25) is 9.69 Å². The number of nitrogens with zero attached hydrogens (tertiary/aromatic N) is 2. The van der Waals surface area contributed by atoms with Crippen molar-refractivity contribution in [3.05, 3.63) is 55.4 Å². The van der Waals surface area contributed by atoms with Crippen molar-refractivity contribution >= 4 is 35.0 Å². The van der Waals surface area contributed by atoms with Crippen LogP contribution in [-0.2, 0) is 19.5 Å². The highest BCUT2D eigenvalue weighted by atomic mass is 35.5. The number of H-pyrrole nitrogens is 1. The van der Waals surface area contributed by atoms with Gasteiger partial charge in [-0.1, -0.05) is 41.0 Å². The number of aromatic nitrogens is 2. The molecule has 3 rings (SSSR count). The van der Waals surface area contributed by atoms with E-state index in [4.69, 9.17) is 23.2 Å². The van der Waals surface area contributed by atoms with Gasteiger partial charge in [-0.05, 0) is 24.0 Å². The van der Waals surface area contributed by atoms with Crippen molar-refractivity contribution in [2.24, 2.45) is 0 Å². The third kappa shape index (κ3) is 3.33. The van der Waals surface area contributed by atoms with E-state index < -0.39 is 0 Å². The highest BCUT2D eigenvalue weighted by Crippen LogP contribution is 2.24. The molecular weight excluding hydrogens is 341 g/mol. The van der Waals surface area contributed by atoms with Gasteiger partial charge in [-0.25, -0.2) is 4.98 Å². The first kappa shape index (κ1) is 15.9. The normalized spacial score (nSPS) is 14.9. The Morgan fingerprint density at radius 1 is 1.36 bits per heavy atom. The highest BCUT2D eigenvalue weighted by Gasteiger charge is 2.21. The van der Waals surface area contributed by atoms with Gasteiger partial charge in [-0.15, -0.1) is 0 Å². The van der Waals surface area contributed by atoms with Gasteiger partial charge in [0.25, 0.3) is 5.56 Å². The Morgan fingerprint density at radius 2 is 2.18 bits per heavy atom. The molecule has 1 aromatic heterocycles. The molecule has 7 heteroatoms. The molecular formula is C15H15Cl2N3OS. The van der Waals surface area contributed by atoms with Crippen molar-refractivity contribution in [2.75, 3.05) is 12.8 Å². The Morgan fingerprint density at radius 3 is 2.91 bits per heavy atom. The van der Waals surface area contributed by atoms with Crippen molar-refractivity contribution in [2.45, 2.75) is 24.7 Å². The quantitative estimate of drug-likeness (QED) is 0.677. The minimum absolute atomic E-state index is 0.0341. The van der Waals surface area contributed by atoms with Crippen LogP contribution >= 0.6 is 35.0 Å². The maximum absolute atomic E-state index is 12.2. The highest BCUT2D eigenvalue weighted by molar-refractivity contribution is 7.98. The Balaban J connectivity index is 1.79. The fraction of sp³-hybridized carbons (Fsp3) is 0.333. The number of rotatable bonds is 3. The van der Waals surface area contributed by atoms with Crippen LogP contribution in [0.3, 0.4) is 0 Å². The second kappa shape index (κ2) is 6.62. The maximum Gasteiger partial charge on any atom is 0.256 e. The van der Waals surface area contributed by atoms with Crippen molar-refractivity contribution in [3.8, 4) is 0 Å². The van der Waals surface area contributed by atoms with E-state index >= 15 is 0 Å². The zero-order valence-electron chi connectivity index (χ0n) is 12.0. The fourth-order valence-corrected chi connectivity index (χ4v) is 3.30. The van der Waals surface area contributed by atoms with Crippen LogP contribution in [0.2, 0.25) is 10.0 Å². The SMILES string of the molecule is CSc1nc2c(c(=O)[nH]1)CN(Cc1ccc(Cl)c(Cl)c1)CC2. The maximum atomic E-state index is 12.2. The van der Waals surface area contributed by atoms with E-state index in [0.29, 0.717) is 21.7 Å². The zero-order valence-corrected chi connectivity index (χ0v) is 14.4. The smallest absolute Gasteiger partial charge is 0.256 e. The zero-order chi connectivity index (χ0) is 15.7. The van der Waals surface area contributed by atoms with Crippen molar-refractivity contribution in [1.29, 1.82) is 0 Å². The number of hydrogen-bond donors (Lipinski definition) is 1. The Bertz CT molecular complexity index is 763. The van der Waals surface area contributed by atoms with Crippen LogP contribution in [-0.4, -0.2) is 27.7 Å². The van der Waals surface area contributed by atoms with Crippen LogP contribution in [0.5, 0.6) is 0 Å². The van der Waals surface area contributed by atoms with Crippen LogP contribution in [0, 0.1) is 0 Å². The molecule has 1 aliphatic heterocycles. The van der Waals surface area contributed by atoms with Crippen LogP contribution < -0.4 is 5.56 Å². The molecule has 4 nitrogen and oxygen atoms in total. The van der Waals surface area contributed by atoms with Gasteiger partial charge in [0, 0.05) is 26.1 Å². The topological polar surface area (TPSA) is 49.0 Å². The van der Waals surface area contributed by atoms with E-state index in [1.807, 2.05) is 18.4 Å². The lowest BCUT2D eigenvalue weighted by Gasteiger charge is -2.27. The van der Waals surface area contributed by atoms with Crippen LogP contribution in [0.4, 0.5) is 0 Å². The van der Waals surface area contributed by atoms with E-state index in [0.717, 1.165) is 36.3 Å². The number of aromatic amines is 1. The minimum Gasteiger partial charge on any atom is -0.301 e. The molecule has 1 aromatic carbocycles. The number of fused-ring (bicyclic) bond motifs is 1. The summed E-state index contributed by atoms with van der Waals surface area (Å²) in [6.07, 6.45) is 2.69. The van der Waals surface area contributed by atoms with E-state index in [2.05, 4.69) is 14.9 Å². The molecule has 0 atom stereocenters. The molecule has 0 bridgehead atoms. The summed E-state index contributed by atoms with van der Waals surface area (Å²) in [5, 5.41) is 1.79. The van der Waals surface area contributed by atoms with Crippen molar-refractivity contribution in [3.63, 3.8) is 0 Å². The van der Waals surface area contributed by atoms with Gasteiger partial charge in [-0.2, -0.15) is 0 Å². The van der Waals surface area contributed by atoms with E-state index in [9.17, 15) is 4.79 Å². The van der Waals surface area contributed by atoms with Crippen molar-refractivity contribution < 1.29 is 0 Å². The average Bonchev–Trinajstić information content (AvgIpc) is 2.51. The summed E-state index contributed by atoms with van der Waals surface area (Å²) in [4.78, 5) is 21.7. The summed E-state index contributed by atoms with van der Waals surface area (Å²) in [5.41, 5.74) is 2.73. The molecule has 1 N–H and O–H groups in total. The Kier molecular flexibility index (Phi) is 4.78. The number of benzene rings is 1. The Hall–Kier alpha value is -1.01. The molecule has 2 aromatic rings. The summed E-state index contributed by atoms with van der Waals surface area (Å²) in [6.45, 7) is 2.21. The molecule has 0 fully saturated rings. The molecule has 0 saturated heterocycles. The molecule has 116 valence electrons. The van der Waals surface area contributed by atoms with Gasteiger partial charge in [0.15, 0.2) is 5.16 Å².